The fourth-order valence-electron chi connectivity index (χ4n) is 3.02. The van der Waals surface area contributed by atoms with E-state index in [0.717, 1.165) is 17.0 Å². The minimum Gasteiger partial charge on any atom is -0.497 e. The molecule has 3 rings (SSSR count). The van der Waals surface area contributed by atoms with Gasteiger partial charge in [-0.15, -0.1) is 0 Å². The zero-order chi connectivity index (χ0) is 18.2. The van der Waals surface area contributed by atoms with Crippen molar-refractivity contribution in [2.45, 2.75) is 19.3 Å². The second-order valence-electron chi connectivity index (χ2n) is 6.53. The monoisotopic (exact) mass is 339 g/mol. The number of carbonyl (C=O) groups is 2. The summed E-state index contributed by atoms with van der Waals surface area (Å²) in [4.78, 5) is 26.2. The summed E-state index contributed by atoms with van der Waals surface area (Å²) >= 11 is 0. The number of carbonyl (C=O) groups excluding carboxylic acids is 2. The molecule has 0 atom stereocenters. The topological polar surface area (TPSA) is 70.7 Å². The van der Waals surface area contributed by atoms with E-state index in [1.165, 1.54) is 0 Å². The second kappa shape index (κ2) is 6.12. The molecule has 0 saturated carbocycles. The molecule has 2 aromatic rings. The first-order chi connectivity index (χ1) is 11.8. The molecule has 25 heavy (non-hydrogen) atoms. The van der Waals surface area contributed by atoms with Crippen molar-refractivity contribution in [1.82, 2.24) is 0 Å². The number of hydrogen-bond donors (Lipinski definition) is 2. The van der Waals surface area contributed by atoms with Crippen LogP contribution in [-0.4, -0.2) is 26.1 Å². The lowest BCUT2D eigenvalue weighted by atomic mass is 9.86. The summed E-state index contributed by atoms with van der Waals surface area (Å²) < 4.78 is 5.09. The molecule has 2 N–H and O–H groups in total. The zero-order valence-corrected chi connectivity index (χ0v) is 14.7. The number of nitrogens with zero attached hydrogens (tertiary/aromatic N) is 1. The highest BCUT2D eigenvalue weighted by Gasteiger charge is 2.42. The van der Waals surface area contributed by atoms with Crippen LogP contribution in [0, 0.1) is 0 Å². The summed E-state index contributed by atoms with van der Waals surface area (Å²) in [6.45, 7) is 3.78. The lowest BCUT2D eigenvalue weighted by Crippen LogP contribution is -2.33. The molecule has 0 aromatic heterocycles. The third-order valence-electron chi connectivity index (χ3n) is 4.48. The smallest absolute Gasteiger partial charge is 0.323 e. The third kappa shape index (κ3) is 3.03. The van der Waals surface area contributed by atoms with E-state index in [1.807, 2.05) is 26.0 Å². The van der Waals surface area contributed by atoms with Gasteiger partial charge >= 0.3 is 6.03 Å². The summed E-state index contributed by atoms with van der Waals surface area (Å²) in [6, 6.07) is 12.2. The van der Waals surface area contributed by atoms with E-state index in [-0.39, 0.29) is 11.9 Å². The summed E-state index contributed by atoms with van der Waals surface area (Å²) in [6.07, 6.45) is 0. The highest BCUT2D eigenvalue weighted by atomic mass is 16.5. The number of fused-ring (bicyclic) bond motifs is 1. The van der Waals surface area contributed by atoms with Gasteiger partial charge in [-0.3, -0.25) is 4.79 Å². The lowest BCUT2D eigenvalue weighted by molar-refractivity contribution is -0.121. The third-order valence-corrected chi connectivity index (χ3v) is 4.48. The van der Waals surface area contributed by atoms with Crippen LogP contribution in [0.3, 0.4) is 0 Å². The second-order valence-corrected chi connectivity index (χ2v) is 6.53. The Morgan fingerprint density at radius 2 is 1.64 bits per heavy atom. The Morgan fingerprint density at radius 3 is 2.28 bits per heavy atom. The number of likely N-dealkylation sites (N-methyl/N-ethyl adjacent to an activating group) is 1. The van der Waals surface area contributed by atoms with Crippen molar-refractivity contribution in [2.24, 2.45) is 0 Å². The summed E-state index contributed by atoms with van der Waals surface area (Å²) in [5.74, 6) is 0.767. The first-order valence-electron chi connectivity index (χ1n) is 7.97. The van der Waals surface area contributed by atoms with Crippen molar-refractivity contribution in [3.8, 4) is 5.75 Å². The summed E-state index contributed by atoms with van der Waals surface area (Å²) in [7, 11) is 3.35. The normalized spacial score (nSPS) is 14.9. The number of hydrogen-bond acceptors (Lipinski definition) is 3. The van der Waals surface area contributed by atoms with Crippen molar-refractivity contribution in [3.63, 3.8) is 0 Å². The van der Waals surface area contributed by atoms with Gasteiger partial charge in [0.05, 0.1) is 12.5 Å². The van der Waals surface area contributed by atoms with Crippen LogP contribution in [-0.2, 0) is 10.2 Å². The fourth-order valence-corrected chi connectivity index (χ4v) is 3.02. The molecule has 0 bridgehead atoms. The predicted molar refractivity (Wildman–Crippen MR) is 98.5 cm³/mol. The maximum Gasteiger partial charge on any atom is 0.323 e. The lowest BCUT2D eigenvalue weighted by Gasteiger charge is -2.17. The van der Waals surface area contributed by atoms with Gasteiger partial charge in [0.1, 0.15) is 5.75 Å². The van der Waals surface area contributed by atoms with Gasteiger partial charge in [0.2, 0.25) is 5.91 Å². The van der Waals surface area contributed by atoms with E-state index in [0.29, 0.717) is 11.4 Å². The van der Waals surface area contributed by atoms with Gasteiger partial charge in [0, 0.05) is 24.1 Å². The van der Waals surface area contributed by atoms with Crippen LogP contribution in [0.4, 0.5) is 21.9 Å². The Morgan fingerprint density at radius 1 is 1.04 bits per heavy atom. The van der Waals surface area contributed by atoms with Crippen LogP contribution in [0.1, 0.15) is 19.4 Å². The van der Waals surface area contributed by atoms with Gasteiger partial charge in [-0.05, 0) is 61.9 Å². The molecule has 1 aliphatic rings. The molecule has 2 aromatic carbocycles. The Hall–Kier alpha value is -3.02. The van der Waals surface area contributed by atoms with Crippen molar-refractivity contribution in [1.29, 1.82) is 0 Å². The minimum atomic E-state index is -0.603. The van der Waals surface area contributed by atoms with Crippen molar-refractivity contribution in [2.75, 3.05) is 29.7 Å². The van der Waals surface area contributed by atoms with E-state index in [4.69, 9.17) is 4.74 Å². The summed E-state index contributed by atoms with van der Waals surface area (Å²) in [5.41, 5.74) is 2.47. The highest BCUT2D eigenvalue weighted by molar-refractivity contribution is 6.08. The number of methoxy groups -OCH3 is 1. The molecule has 0 fully saturated rings. The Labute approximate surface area is 146 Å². The molecule has 0 aliphatic carbocycles. The van der Waals surface area contributed by atoms with Crippen LogP contribution in [0.25, 0.3) is 0 Å². The number of anilines is 3. The molecule has 0 spiro atoms. The maximum absolute atomic E-state index is 12.3. The first-order valence-corrected chi connectivity index (χ1v) is 7.97. The quantitative estimate of drug-likeness (QED) is 0.898. The van der Waals surface area contributed by atoms with E-state index in [9.17, 15) is 9.59 Å². The van der Waals surface area contributed by atoms with Crippen molar-refractivity contribution >= 4 is 29.0 Å². The Kier molecular flexibility index (Phi) is 4.12. The summed E-state index contributed by atoms with van der Waals surface area (Å²) in [5, 5.41) is 5.57. The van der Waals surface area contributed by atoms with Gasteiger partial charge < -0.3 is 20.3 Å². The molecule has 0 unspecified atom stereocenters. The van der Waals surface area contributed by atoms with E-state index >= 15 is 0 Å². The van der Waals surface area contributed by atoms with Gasteiger partial charge in [-0.1, -0.05) is 0 Å². The molecule has 1 aliphatic heterocycles. The first kappa shape index (κ1) is 16.8. The molecular weight excluding hydrogens is 318 g/mol. The molecule has 0 radical (unpaired) electrons. The van der Waals surface area contributed by atoms with Crippen LogP contribution in [0.15, 0.2) is 42.5 Å². The Bertz CT molecular complexity index is 828. The average Bonchev–Trinajstić information content (AvgIpc) is 2.76. The van der Waals surface area contributed by atoms with Gasteiger partial charge in [0.25, 0.3) is 0 Å². The SMILES string of the molecule is COc1ccc(NC(=O)Nc2ccc3c(c2)C(C)(C)C(=O)N3C)cc1. The maximum atomic E-state index is 12.3. The number of ether oxygens (including phenoxy) is 1. The van der Waals surface area contributed by atoms with Crippen molar-refractivity contribution < 1.29 is 14.3 Å². The van der Waals surface area contributed by atoms with Gasteiger partial charge in [-0.25, -0.2) is 4.79 Å². The molecule has 3 amide bonds. The molecule has 6 heteroatoms. The molecule has 130 valence electrons. The highest BCUT2D eigenvalue weighted by Crippen LogP contribution is 2.41. The van der Waals surface area contributed by atoms with Gasteiger partial charge in [0.15, 0.2) is 0 Å². The molecule has 1 heterocycles. The van der Waals surface area contributed by atoms with E-state index in [2.05, 4.69) is 10.6 Å². The van der Waals surface area contributed by atoms with Crippen LogP contribution in [0.2, 0.25) is 0 Å². The van der Waals surface area contributed by atoms with Crippen molar-refractivity contribution in [3.05, 3.63) is 48.0 Å². The van der Waals surface area contributed by atoms with Crippen LogP contribution >= 0.6 is 0 Å². The number of rotatable bonds is 3. The van der Waals surface area contributed by atoms with Gasteiger partial charge in [-0.2, -0.15) is 0 Å². The average molecular weight is 339 g/mol. The standard InChI is InChI=1S/C19H21N3O3/c1-19(2)15-11-13(7-10-16(15)22(3)17(19)23)21-18(24)20-12-5-8-14(25-4)9-6-12/h5-11H,1-4H3,(H2,20,21,24). The fraction of sp³-hybridized carbons (Fsp3) is 0.263. The molecule has 6 nitrogen and oxygen atoms in total. The number of nitrogens with one attached hydrogen (secondary N) is 2. The number of benzene rings is 2. The van der Waals surface area contributed by atoms with E-state index < -0.39 is 5.41 Å². The molecule has 0 saturated heterocycles. The zero-order valence-electron chi connectivity index (χ0n) is 14.7. The number of amides is 3. The number of urea groups is 1. The van der Waals surface area contributed by atoms with Crippen LogP contribution < -0.4 is 20.3 Å². The van der Waals surface area contributed by atoms with E-state index in [1.54, 1.807) is 49.4 Å². The minimum absolute atomic E-state index is 0.0438. The Balaban J connectivity index is 1.74. The van der Waals surface area contributed by atoms with Crippen LogP contribution in [0.5, 0.6) is 5.75 Å². The molecular formula is C19H21N3O3. The largest absolute Gasteiger partial charge is 0.497 e. The predicted octanol–water partition coefficient (Wildman–Crippen LogP) is 3.59.